The minimum atomic E-state index is -4.78. The molecule has 0 saturated carbocycles. The summed E-state index contributed by atoms with van der Waals surface area (Å²) in [5.74, 6) is -0.397. The molecule has 0 aliphatic rings. The quantitative estimate of drug-likeness (QED) is 0.912. The number of nitrogens with one attached hydrogen (secondary N) is 1. The van der Waals surface area contributed by atoms with E-state index in [9.17, 15) is 13.2 Å². The fourth-order valence-electron chi connectivity index (χ4n) is 1.51. The molecule has 1 heterocycles. The summed E-state index contributed by atoms with van der Waals surface area (Å²) in [7, 11) is 0. The summed E-state index contributed by atoms with van der Waals surface area (Å²) in [6, 6.07) is 5.35. The molecular weight excluding hydrogens is 327 g/mol. The predicted molar refractivity (Wildman–Crippen MR) is 72.3 cm³/mol. The first-order valence-electron chi connectivity index (χ1n) is 5.51. The van der Waals surface area contributed by atoms with Crippen molar-refractivity contribution >= 4 is 28.6 Å². The smallest absolute Gasteiger partial charge is 0.406 e. The topological polar surface area (TPSA) is 57.9 Å². The average Bonchev–Trinajstić information content (AvgIpc) is 2.80. The van der Waals surface area contributed by atoms with Gasteiger partial charge in [-0.25, -0.2) is 4.98 Å². The molecule has 0 aliphatic carbocycles. The molecule has 0 saturated heterocycles. The molecule has 0 amide bonds. The van der Waals surface area contributed by atoms with Crippen molar-refractivity contribution in [2.75, 3.05) is 5.32 Å². The zero-order chi connectivity index (χ0) is 15.5. The van der Waals surface area contributed by atoms with E-state index in [1.807, 2.05) is 6.07 Å². The van der Waals surface area contributed by atoms with Gasteiger partial charge in [-0.1, -0.05) is 11.6 Å². The fourth-order valence-corrected chi connectivity index (χ4v) is 2.43. The standard InChI is InChI=1S/C12H7ClF3N3OS/c13-11-19-6-9(21-11)5-18-10-3-8(20-12(14,15)16)2-1-7(10)4-17/h1-3,6,18H,5H2. The van der Waals surface area contributed by atoms with E-state index in [4.69, 9.17) is 16.9 Å². The van der Waals surface area contributed by atoms with Crippen molar-refractivity contribution in [2.45, 2.75) is 12.9 Å². The molecule has 0 fully saturated rings. The van der Waals surface area contributed by atoms with Gasteiger partial charge in [-0.3, -0.25) is 0 Å². The second-order valence-electron chi connectivity index (χ2n) is 3.80. The lowest BCUT2D eigenvalue weighted by molar-refractivity contribution is -0.274. The largest absolute Gasteiger partial charge is 0.573 e. The van der Waals surface area contributed by atoms with Crippen LogP contribution in [0.4, 0.5) is 18.9 Å². The van der Waals surface area contributed by atoms with E-state index < -0.39 is 12.1 Å². The van der Waals surface area contributed by atoms with Crippen LogP contribution in [0.15, 0.2) is 24.4 Å². The molecule has 110 valence electrons. The maximum atomic E-state index is 12.2. The number of rotatable bonds is 4. The number of benzene rings is 1. The van der Waals surface area contributed by atoms with Crippen molar-refractivity contribution in [3.8, 4) is 11.8 Å². The van der Waals surface area contributed by atoms with Crippen LogP contribution in [-0.4, -0.2) is 11.3 Å². The Hall–Kier alpha value is -1.98. The summed E-state index contributed by atoms with van der Waals surface area (Å²) < 4.78 is 40.7. The van der Waals surface area contributed by atoms with E-state index in [-0.39, 0.29) is 17.8 Å². The van der Waals surface area contributed by atoms with E-state index in [0.717, 1.165) is 17.0 Å². The normalized spacial score (nSPS) is 11.0. The Labute approximate surface area is 126 Å². The zero-order valence-corrected chi connectivity index (χ0v) is 11.8. The third-order valence-electron chi connectivity index (χ3n) is 2.32. The number of alkyl halides is 3. The minimum absolute atomic E-state index is 0.208. The van der Waals surface area contributed by atoms with Crippen LogP contribution in [0.3, 0.4) is 0 Å². The first-order chi connectivity index (χ1) is 9.87. The first kappa shape index (κ1) is 15.4. The lowest BCUT2D eigenvalue weighted by Crippen LogP contribution is -2.17. The number of aromatic nitrogens is 1. The van der Waals surface area contributed by atoms with Crippen LogP contribution in [0.25, 0.3) is 0 Å². The van der Waals surface area contributed by atoms with Gasteiger partial charge in [0.1, 0.15) is 11.8 Å². The van der Waals surface area contributed by atoms with Crippen LogP contribution in [0, 0.1) is 11.3 Å². The van der Waals surface area contributed by atoms with E-state index >= 15 is 0 Å². The highest BCUT2D eigenvalue weighted by molar-refractivity contribution is 7.15. The molecule has 0 atom stereocenters. The summed E-state index contributed by atoms with van der Waals surface area (Å²) in [6.45, 7) is 0.286. The van der Waals surface area contributed by atoms with Gasteiger partial charge in [0.25, 0.3) is 0 Å². The van der Waals surface area contributed by atoms with Gasteiger partial charge in [0, 0.05) is 17.1 Å². The Balaban J connectivity index is 2.16. The van der Waals surface area contributed by atoms with Crippen molar-refractivity contribution in [2.24, 2.45) is 0 Å². The van der Waals surface area contributed by atoms with Crippen molar-refractivity contribution < 1.29 is 17.9 Å². The maximum Gasteiger partial charge on any atom is 0.573 e. The Bertz CT molecular complexity index is 681. The average molecular weight is 334 g/mol. The molecule has 4 nitrogen and oxygen atoms in total. The minimum Gasteiger partial charge on any atom is -0.406 e. The Morgan fingerprint density at radius 3 is 2.76 bits per heavy atom. The highest BCUT2D eigenvalue weighted by Crippen LogP contribution is 2.28. The lowest BCUT2D eigenvalue weighted by Gasteiger charge is -2.12. The van der Waals surface area contributed by atoms with Crippen LogP contribution in [-0.2, 0) is 6.54 Å². The lowest BCUT2D eigenvalue weighted by atomic mass is 10.2. The zero-order valence-electron chi connectivity index (χ0n) is 10.2. The molecule has 0 unspecified atom stereocenters. The van der Waals surface area contributed by atoms with Gasteiger partial charge in [0.05, 0.1) is 17.8 Å². The molecule has 1 aromatic heterocycles. The third kappa shape index (κ3) is 4.51. The molecule has 0 spiro atoms. The van der Waals surface area contributed by atoms with Crippen molar-refractivity contribution in [3.05, 3.63) is 39.3 Å². The highest BCUT2D eigenvalue weighted by atomic mass is 35.5. The SMILES string of the molecule is N#Cc1ccc(OC(F)(F)F)cc1NCc1cnc(Cl)s1. The van der Waals surface area contributed by atoms with Crippen molar-refractivity contribution in [3.63, 3.8) is 0 Å². The summed E-state index contributed by atoms with van der Waals surface area (Å²) in [4.78, 5) is 4.63. The summed E-state index contributed by atoms with van der Waals surface area (Å²) >= 11 is 6.91. The molecule has 1 aromatic carbocycles. The van der Waals surface area contributed by atoms with Gasteiger partial charge in [-0.2, -0.15) is 5.26 Å². The molecule has 0 radical (unpaired) electrons. The second-order valence-corrected chi connectivity index (χ2v) is 5.50. The van der Waals surface area contributed by atoms with E-state index in [0.29, 0.717) is 4.47 Å². The number of halogens is 4. The monoisotopic (exact) mass is 333 g/mol. The number of hydrogen-bond acceptors (Lipinski definition) is 5. The number of nitrogens with zero attached hydrogens (tertiary/aromatic N) is 2. The number of nitriles is 1. The molecule has 9 heteroatoms. The Kier molecular flexibility index (Phi) is 4.55. The van der Waals surface area contributed by atoms with Gasteiger partial charge in [0.15, 0.2) is 4.47 Å². The molecule has 2 aromatic rings. The summed E-state index contributed by atoms with van der Waals surface area (Å²) in [5.41, 5.74) is 0.448. The van der Waals surface area contributed by atoms with Crippen LogP contribution >= 0.6 is 22.9 Å². The second kappa shape index (κ2) is 6.20. The maximum absolute atomic E-state index is 12.2. The van der Waals surface area contributed by atoms with Crippen LogP contribution in [0.2, 0.25) is 4.47 Å². The molecular formula is C12H7ClF3N3OS. The van der Waals surface area contributed by atoms with Gasteiger partial charge in [-0.05, 0) is 12.1 Å². The number of anilines is 1. The molecule has 1 N–H and O–H groups in total. The molecule has 0 bridgehead atoms. The number of hydrogen-bond donors (Lipinski definition) is 1. The van der Waals surface area contributed by atoms with Crippen LogP contribution in [0.5, 0.6) is 5.75 Å². The van der Waals surface area contributed by atoms with Gasteiger partial charge in [0.2, 0.25) is 0 Å². The molecule has 2 rings (SSSR count). The molecule has 0 aliphatic heterocycles. The van der Waals surface area contributed by atoms with E-state index in [1.54, 1.807) is 6.20 Å². The molecule has 21 heavy (non-hydrogen) atoms. The highest BCUT2D eigenvalue weighted by Gasteiger charge is 2.31. The van der Waals surface area contributed by atoms with Gasteiger partial charge < -0.3 is 10.1 Å². The van der Waals surface area contributed by atoms with Crippen molar-refractivity contribution in [1.82, 2.24) is 4.98 Å². The van der Waals surface area contributed by atoms with Crippen LogP contribution < -0.4 is 10.1 Å². The first-order valence-corrected chi connectivity index (χ1v) is 6.71. The van der Waals surface area contributed by atoms with Gasteiger partial charge >= 0.3 is 6.36 Å². The fraction of sp³-hybridized carbons (Fsp3) is 0.167. The number of ether oxygens (including phenoxy) is 1. The Morgan fingerprint density at radius 1 is 1.43 bits per heavy atom. The van der Waals surface area contributed by atoms with E-state index in [2.05, 4.69) is 15.0 Å². The van der Waals surface area contributed by atoms with Gasteiger partial charge in [-0.15, -0.1) is 24.5 Å². The Morgan fingerprint density at radius 2 is 2.19 bits per heavy atom. The number of thiazole rings is 1. The summed E-state index contributed by atoms with van der Waals surface area (Å²) in [5, 5.41) is 11.8. The van der Waals surface area contributed by atoms with Crippen molar-refractivity contribution in [1.29, 1.82) is 5.26 Å². The third-order valence-corrected chi connectivity index (χ3v) is 3.44. The summed E-state index contributed by atoms with van der Waals surface area (Å²) in [6.07, 6.45) is -3.24. The predicted octanol–water partition coefficient (Wildman–Crippen LogP) is 4.18. The van der Waals surface area contributed by atoms with E-state index in [1.165, 1.54) is 17.4 Å². The van der Waals surface area contributed by atoms with Crippen LogP contribution in [0.1, 0.15) is 10.4 Å².